The molecule has 0 spiro atoms. The molecule has 0 saturated heterocycles. The Balaban J connectivity index is 2.97. The quantitative estimate of drug-likeness (QED) is 0.108. The molecule has 5 heteroatoms. The van der Waals surface area contributed by atoms with Crippen molar-refractivity contribution in [2.24, 2.45) is 11.6 Å². The van der Waals surface area contributed by atoms with E-state index in [-0.39, 0.29) is 21.5 Å². The van der Waals surface area contributed by atoms with Gasteiger partial charge in [0.15, 0.2) is 0 Å². The molecule has 0 amide bonds. The van der Waals surface area contributed by atoms with Gasteiger partial charge in [-0.05, 0) is 0 Å². The van der Waals surface area contributed by atoms with Gasteiger partial charge in [-0.1, -0.05) is 0 Å². The van der Waals surface area contributed by atoms with Crippen LogP contribution >= 0.6 is 0 Å². The topological polar surface area (TPSA) is 71.9 Å². The Morgan fingerprint density at radius 2 is 2.18 bits per heavy atom. The van der Waals surface area contributed by atoms with Crippen molar-refractivity contribution < 1.29 is 25.1 Å². The summed E-state index contributed by atoms with van der Waals surface area (Å²) in [6.45, 7) is 2.92. The van der Waals surface area contributed by atoms with Gasteiger partial charge in [0.05, 0.1) is 0 Å². The Labute approximate surface area is 79.3 Å². The molecule has 0 bridgehead atoms. The van der Waals surface area contributed by atoms with Crippen molar-refractivity contribution in [2.45, 2.75) is 6.42 Å². The molecular weight excluding hydrogens is 255 g/mol. The maximum absolute atomic E-state index is 5.40. The summed E-state index contributed by atoms with van der Waals surface area (Å²) >= 11 is 0.181. The zero-order chi connectivity index (χ0) is 8.53. The summed E-state index contributed by atoms with van der Waals surface area (Å²) in [7, 11) is 2.11. The van der Waals surface area contributed by atoms with Gasteiger partial charge in [-0.2, -0.15) is 0 Å². The molecule has 0 aromatic carbocycles. The van der Waals surface area contributed by atoms with E-state index in [1.807, 2.05) is 3.64 Å². The number of alkyl halides is 1. The van der Waals surface area contributed by atoms with E-state index in [0.29, 0.717) is 0 Å². The zero-order valence-electron chi connectivity index (χ0n) is 7.09. The van der Waals surface area contributed by atoms with Crippen molar-refractivity contribution in [3.05, 3.63) is 0 Å². The Kier molecular flexibility index (Phi) is 9.11. The van der Waals surface area contributed by atoms with E-state index in [1.54, 1.807) is 0 Å². The SMILES string of the molecule is CN(CCN)CCC[I-][NH2+]N. The fourth-order valence-corrected chi connectivity index (χ4v) is 1.94. The molecular formula is C6H19IN4. The minimum atomic E-state index is 0.181. The zero-order valence-corrected chi connectivity index (χ0v) is 9.25. The van der Waals surface area contributed by atoms with Gasteiger partial charge >= 0.3 is 79.1 Å². The van der Waals surface area contributed by atoms with Gasteiger partial charge in [0, 0.05) is 0 Å². The number of hydrogen-bond acceptors (Lipinski definition) is 3. The summed E-state index contributed by atoms with van der Waals surface area (Å²) in [5.74, 6) is 5.29. The van der Waals surface area contributed by atoms with E-state index in [1.165, 1.54) is 10.8 Å². The number of halogens is 1. The third-order valence-corrected chi connectivity index (χ3v) is 3.28. The van der Waals surface area contributed by atoms with Crippen LogP contribution in [0.3, 0.4) is 0 Å². The summed E-state index contributed by atoms with van der Waals surface area (Å²) in [5.41, 5.74) is 5.40. The molecule has 0 rings (SSSR count). The summed E-state index contributed by atoms with van der Waals surface area (Å²) in [6, 6.07) is 0. The van der Waals surface area contributed by atoms with Crippen molar-refractivity contribution in [2.75, 3.05) is 31.1 Å². The number of nitrogens with zero attached hydrogens (tertiary/aromatic N) is 1. The molecule has 0 aliphatic rings. The average Bonchev–Trinajstić information content (AvgIpc) is 1.99. The van der Waals surface area contributed by atoms with Crippen LogP contribution in [0.4, 0.5) is 0 Å². The molecule has 70 valence electrons. The first kappa shape index (κ1) is 11.6. The molecule has 0 aliphatic heterocycles. The van der Waals surface area contributed by atoms with Crippen molar-refractivity contribution >= 4 is 0 Å². The van der Waals surface area contributed by atoms with Gasteiger partial charge in [-0.15, -0.1) is 0 Å². The molecule has 0 aromatic rings. The number of rotatable bonds is 7. The predicted octanol–water partition coefficient (Wildman–Crippen LogP) is -5.29. The van der Waals surface area contributed by atoms with Gasteiger partial charge in [-0.3, -0.25) is 0 Å². The van der Waals surface area contributed by atoms with Gasteiger partial charge < -0.3 is 0 Å². The van der Waals surface area contributed by atoms with Crippen molar-refractivity contribution in [1.82, 2.24) is 4.90 Å². The Hall–Kier alpha value is 0.570. The van der Waals surface area contributed by atoms with Crippen LogP contribution in [0.25, 0.3) is 0 Å². The second-order valence-electron chi connectivity index (χ2n) is 2.41. The van der Waals surface area contributed by atoms with Crippen LogP contribution in [0.1, 0.15) is 6.42 Å². The molecule has 0 unspecified atom stereocenters. The van der Waals surface area contributed by atoms with E-state index in [2.05, 4.69) is 11.9 Å². The summed E-state index contributed by atoms with van der Waals surface area (Å²) in [6.07, 6.45) is 1.26. The number of quaternary nitrogens is 1. The van der Waals surface area contributed by atoms with Crippen LogP contribution in [-0.2, 0) is 0 Å². The number of nitrogens with two attached hydrogens (primary N) is 3. The van der Waals surface area contributed by atoms with Crippen molar-refractivity contribution in [3.8, 4) is 0 Å². The van der Waals surface area contributed by atoms with Crippen LogP contribution < -0.4 is 36.7 Å². The molecule has 0 fully saturated rings. The van der Waals surface area contributed by atoms with Crippen molar-refractivity contribution in [1.29, 1.82) is 0 Å². The van der Waals surface area contributed by atoms with E-state index < -0.39 is 0 Å². The molecule has 0 aromatic heterocycles. The van der Waals surface area contributed by atoms with Crippen LogP contribution in [0, 0.1) is 0 Å². The molecule has 0 heterocycles. The van der Waals surface area contributed by atoms with Gasteiger partial charge in [0.2, 0.25) is 0 Å². The van der Waals surface area contributed by atoms with Gasteiger partial charge in [-0.25, -0.2) is 0 Å². The monoisotopic (exact) mass is 274 g/mol. The Morgan fingerprint density at radius 3 is 2.73 bits per heavy atom. The van der Waals surface area contributed by atoms with Crippen LogP contribution in [0.2, 0.25) is 0 Å². The third kappa shape index (κ3) is 8.48. The Bertz CT molecular complexity index is 81.0. The first-order chi connectivity index (χ1) is 5.31. The Morgan fingerprint density at radius 1 is 1.45 bits per heavy atom. The van der Waals surface area contributed by atoms with E-state index >= 15 is 0 Å². The second-order valence-corrected chi connectivity index (χ2v) is 5.09. The molecule has 0 saturated carbocycles. The van der Waals surface area contributed by atoms with E-state index in [0.717, 1.165) is 19.6 Å². The predicted molar refractivity (Wildman–Crippen MR) is 42.1 cm³/mol. The fraction of sp³-hybridized carbons (Fsp3) is 1.00. The molecule has 0 radical (unpaired) electrons. The first-order valence-corrected chi connectivity index (χ1v) is 6.58. The van der Waals surface area contributed by atoms with Crippen LogP contribution in [0.5, 0.6) is 0 Å². The summed E-state index contributed by atoms with van der Waals surface area (Å²) < 4.78 is 3.13. The average molecular weight is 274 g/mol. The maximum atomic E-state index is 5.40. The molecule has 11 heavy (non-hydrogen) atoms. The third-order valence-electron chi connectivity index (χ3n) is 1.38. The number of hydrogen-bond donors (Lipinski definition) is 3. The fourth-order valence-electron chi connectivity index (χ4n) is 0.802. The molecule has 6 N–H and O–H groups in total. The minimum absolute atomic E-state index is 0.181. The summed E-state index contributed by atoms with van der Waals surface area (Å²) in [4.78, 5) is 2.26. The van der Waals surface area contributed by atoms with Gasteiger partial charge in [0.25, 0.3) is 0 Å². The molecule has 4 nitrogen and oxygen atoms in total. The first-order valence-electron chi connectivity index (χ1n) is 3.81. The van der Waals surface area contributed by atoms with Crippen LogP contribution in [0.15, 0.2) is 0 Å². The molecule has 0 aliphatic carbocycles. The number of likely N-dealkylation sites (N-methyl/N-ethyl adjacent to an activating group) is 1. The van der Waals surface area contributed by atoms with Gasteiger partial charge in [0.1, 0.15) is 0 Å². The standard InChI is InChI=1S/C6H19IN4/c1-11(6-4-8)5-2-3-7-10-9/h2-6,8-10H2,1H3. The van der Waals surface area contributed by atoms with Crippen molar-refractivity contribution in [3.63, 3.8) is 0 Å². The van der Waals surface area contributed by atoms with E-state index in [4.69, 9.17) is 11.6 Å². The van der Waals surface area contributed by atoms with E-state index in [9.17, 15) is 0 Å². The summed E-state index contributed by atoms with van der Waals surface area (Å²) in [5, 5.41) is 0. The second kappa shape index (κ2) is 8.66. The normalized spacial score (nSPS) is 11.3. The van der Waals surface area contributed by atoms with Crippen LogP contribution in [-0.4, -0.2) is 36.0 Å². The molecule has 0 atom stereocenters.